The average Bonchev–Trinajstić information content (AvgIpc) is 2.27. The van der Waals surface area contributed by atoms with Crippen LogP contribution in [0.15, 0.2) is 23.1 Å². The van der Waals surface area contributed by atoms with Gasteiger partial charge in [-0.2, -0.15) is 0 Å². The van der Waals surface area contributed by atoms with Gasteiger partial charge in [-0.3, -0.25) is 4.79 Å². The van der Waals surface area contributed by atoms with Crippen molar-refractivity contribution in [2.45, 2.75) is 11.3 Å². The lowest BCUT2D eigenvalue weighted by molar-refractivity contribution is -0.136. The highest BCUT2D eigenvalue weighted by Gasteiger charge is 2.18. The minimum Gasteiger partial charge on any atom is -0.497 e. The van der Waals surface area contributed by atoms with Crippen molar-refractivity contribution in [3.05, 3.63) is 23.8 Å². The quantitative estimate of drug-likeness (QED) is 0.789. The van der Waals surface area contributed by atoms with Crippen molar-refractivity contribution in [3.63, 3.8) is 0 Å². The molecular formula is C10H13NO5S. The minimum atomic E-state index is -3.67. The number of carbonyl (C=O) groups is 1. The van der Waals surface area contributed by atoms with Crippen LogP contribution < -0.4 is 9.46 Å². The Morgan fingerprint density at radius 2 is 2.12 bits per heavy atom. The fourth-order valence-corrected chi connectivity index (χ4v) is 2.30. The van der Waals surface area contributed by atoms with E-state index in [-0.39, 0.29) is 16.9 Å². The second kappa shape index (κ2) is 5.15. The first-order chi connectivity index (χ1) is 7.90. The monoisotopic (exact) mass is 259 g/mol. The van der Waals surface area contributed by atoms with Crippen LogP contribution in [-0.2, 0) is 21.2 Å². The number of rotatable bonds is 5. The van der Waals surface area contributed by atoms with Gasteiger partial charge in [-0.05, 0) is 30.8 Å². The molecule has 0 bridgehead atoms. The van der Waals surface area contributed by atoms with Gasteiger partial charge in [0, 0.05) is 0 Å². The summed E-state index contributed by atoms with van der Waals surface area (Å²) in [5.74, 6) is -0.692. The number of carboxylic acid groups (broad SMARTS) is 1. The SMILES string of the molecule is CNS(=O)(=O)c1ccc(OC)cc1CC(=O)O. The maximum atomic E-state index is 11.7. The molecule has 6 nitrogen and oxygen atoms in total. The van der Waals surface area contributed by atoms with Crippen LogP contribution in [0.25, 0.3) is 0 Å². The number of carboxylic acids is 1. The summed E-state index contributed by atoms with van der Waals surface area (Å²) in [7, 11) is -0.978. The lowest BCUT2D eigenvalue weighted by Gasteiger charge is -2.09. The minimum absolute atomic E-state index is 0.0526. The Labute approximate surface area is 99.3 Å². The molecule has 0 heterocycles. The average molecular weight is 259 g/mol. The number of methoxy groups -OCH3 is 1. The van der Waals surface area contributed by atoms with Gasteiger partial charge in [0.25, 0.3) is 0 Å². The summed E-state index contributed by atoms with van der Waals surface area (Å²) in [4.78, 5) is 10.6. The van der Waals surface area contributed by atoms with Crippen molar-refractivity contribution < 1.29 is 23.1 Å². The first-order valence-corrected chi connectivity index (χ1v) is 6.21. The molecule has 1 aromatic carbocycles. The predicted molar refractivity (Wildman–Crippen MR) is 60.6 cm³/mol. The number of ether oxygens (including phenoxy) is 1. The molecule has 94 valence electrons. The molecule has 7 heteroatoms. The molecule has 0 aromatic heterocycles. The second-order valence-corrected chi connectivity index (χ2v) is 5.11. The summed E-state index contributed by atoms with van der Waals surface area (Å²) in [6.07, 6.45) is -0.382. The molecular weight excluding hydrogens is 246 g/mol. The van der Waals surface area contributed by atoms with Gasteiger partial charge in [-0.25, -0.2) is 13.1 Å². The molecule has 0 saturated heterocycles. The fraction of sp³-hybridized carbons (Fsp3) is 0.300. The largest absolute Gasteiger partial charge is 0.497 e. The third-order valence-electron chi connectivity index (χ3n) is 2.17. The Bertz CT molecular complexity index is 523. The number of hydrogen-bond donors (Lipinski definition) is 2. The van der Waals surface area contributed by atoms with Gasteiger partial charge in [0.2, 0.25) is 10.0 Å². The summed E-state index contributed by atoms with van der Waals surface area (Å²) in [6, 6.07) is 4.19. The Kier molecular flexibility index (Phi) is 4.08. The van der Waals surface area contributed by atoms with Crippen LogP contribution in [0.3, 0.4) is 0 Å². The lowest BCUT2D eigenvalue weighted by atomic mass is 10.1. The molecule has 1 rings (SSSR count). The van der Waals surface area contributed by atoms with E-state index in [1.54, 1.807) is 0 Å². The fourth-order valence-electron chi connectivity index (χ4n) is 1.36. The van der Waals surface area contributed by atoms with E-state index in [1.165, 1.54) is 32.4 Å². The normalized spacial score (nSPS) is 11.2. The van der Waals surface area contributed by atoms with Gasteiger partial charge in [0.05, 0.1) is 18.4 Å². The summed E-state index contributed by atoms with van der Waals surface area (Å²) < 4.78 is 30.4. The lowest BCUT2D eigenvalue weighted by Crippen LogP contribution is -2.21. The highest BCUT2D eigenvalue weighted by molar-refractivity contribution is 7.89. The summed E-state index contributed by atoms with van der Waals surface area (Å²) >= 11 is 0. The molecule has 0 radical (unpaired) electrons. The Balaban J connectivity index is 3.34. The smallest absolute Gasteiger partial charge is 0.307 e. The van der Waals surface area contributed by atoms with E-state index in [4.69, 9.17) is 9.84 Å². The van der Waals surface area contributed by atoms with Crippen LogP contribution in [0, 0.1) is 0 Å². The maximum Gasteiger partial charge on any atom is 0.307 e. The number of nitrogens with one attached hydrogen (secondary N) is 1. The third kappa shape index (κ3) is 3.18. The van der Waals surface area contributed by atoms with Gasteiger partial charge in [-0.1, -0.05) is 0 Å². The Hall–Kier alpha value is -1.60. The first kappa shape index (κ1) is 13.5. The van der Waals surface area contributed by atoms with Crippen molar-refractivity contribution in [3.8, 4) is 5.75 Å². The van der Waals surface area contributed by atoms with Crippen molar-refractivity contribution in [1.29, 1.82) is 0 Å². The Morgan fingerprint density at radius 1 is 1.47 bits per heavy atom. The highest BCUT2D eigenvalue weighted by atomic mass is 32.2. The van der Waals surface area contributed by atoms with Gasteiger partial charge in [0.15, 0.2) is 0 Å². The number of benzene rings is 1. The molecule has 0 fully saturated rings. The molecule has 0 amide bonds. The van der Waals surface area contributed by atoms with Crippen LogP contribution in [0.2, 0.25) is 0 Å². The topological polar surface area (TPSA) is 92.7 Å². The molecule has 0 aliphatic carbocycles. The maximum absolute atomic E-state index is 11.7. The number of aliphatic carboxylic acids is 1. The van der Waals surface area contributed by atoms with E-state index >= 15 is 0 Å². The van der Waals surface area contributed by atoms with Gasteiger partial charge < -0.3 is 9.84 Å². The first-order valence-electron chi connectivity index (χ1n) is 4.73. The van der Waals surface area contributed by atoms with E-state index in [2.05, 4.69) is 4.72 Å². The molecule has 0 spiro atoms. The van der Waals surface area contributed by atoms with Crippen molar-refractivity contribution in [2.75, 3.05) is 14.2 Å². The summed E-state index contributed by atoms with van der Waals surface area (Å²) in [6.45, 7) is 0. The molecule has 0 saturated carbocycles. The van der Waals surface area contributed by atoms with Gasteiger partial charge in [-0.15, -0.1) is 0 Å². The molecule has 0 unspecified atom stereocenters. The molecule has 1 aromatic rings. The summed E-state index contributed by atoms with van der Waals surface area (Å²) in [5, 5.41) is 8.74. The van der Waals surface area contributed by atoms with E-state index < -0.39 is 16.0 Å². The number of hydrogen-bond acceptors (Lipinski definition) is 4. The van der Waals surface area contributed by atoms with Crippen LogP contribution >= 0.6 is 0 Å². The van der Waals surface area contributed by atoms with Crippen molar-refractivity contribution >= 4 is 16.0 Å². The summed E-state index contributed by atoms with van der Waals surface area (Å²) in [5.41, 5.74) is 0.186. The van der Waals surface area contributed by atoms with Crippen LogP contribution in [0.5, 0.6) is 5.75 Å². The van der Waals surface area contributed by atoms with Crippen LogP contribution in [0.4, 0.5) is 0 Å². The van der Waals surface area contributed by atoms with Gasteiger partial charge in [0.1, 0.15) is 5.75 Å². The van der Waals surface area contributed by atoms with Crippen LogP contribution in [-0.4, -0.2) is 33.7 Å². The van der Waals surface area contributed by atoms with Crippen molar-refractivity contribution in [1.82, 2.24) is 4.72 Å². The standard InChI is InChI=1S/C10H13NO5S/c1-11-17(14,15)9-4-3-8(16-2)5-7(9)6-10(12)13/h3-5,11H,6H2,1-2H3,(H,12,13). The van der Waals surface area contributed by atoms with Crippen molar-refractivity contribution in [2.24, 2.45) is 0 Å². The zero-order valence-electron chi connectivity index (χ0n) is 9.43. The molecule has 2 N–H and O–H groups in total. The van der Waals surface area contributed by atoms with Crippen LogP contribution in [0.1, 0.15) is 5.56 Å². The zero-order valence-corrected chi connectivity index (χ0v) is 10.2. The molecule has 0 atom stereocenters. The second-order valence-electron chi connectivity index (χ2n) is 3.25. The molecule has 0 aliphatic rings. The predicted octanol–water partition coefficient (Wildman–Crippen LogP) is 0.230. The van der Waals surface area contributed by atoms with E-state index in [0.717, 1.165) is 0 Å². The third-order valence-corrected chi connectivity index (χ3v) is 3.68. The Morgan fingerprint density at radius 3 is 2.59 bits per heavy atom. The van der Waals surface area contributed by atoms with E-state index in [9.17, 15) is 13.2 Å². The van der Waals surface area contributed by atoms with Gasteiger partial charge >= 0.3 is 5.97 Å². The highest BCUT2D eigenvalue weighted by Crippen LogP contribution is 2.22. The molecule has 0 aliphatic heterocycles. The van der Waals surface area contributed by atoms with E-state index in [0.29, 0.717) is 5.75 Å². The zero-order chi connectivity index (χ0) is 13.1. The number of sulfonamides is 1. The molecule has 17 heavy (non-hydrogen) atoms. The van der Waals surface area contributed by atoms with E-state index in [1.807, 2.05) is 0 Å².